The molecule has 0 fully saturated rings. The minimum Gasteiger partial charge on any atom is -0.396 e. The molecule has 100 valence electrons. The average molecular weight is 232 g/mol. The molecule has 1 N–H and O–H groups in total. The SMILES string of the molecule is CCC.COCCCCCCCCCCO. The van der Waals surface area contributed by atoms with E-state index in [9.17, 15) is 0 Å². The average Bonchev–Trinajstić information content (AvgIpc) is 2.28. The Morgan fingerprint density at radius 1 is 0.750 bits per heavy atom. The van der Waals surface area contributed by atoms with Crippen molar-refractivity contribution in [3.8, 4) is 0 Å². The van der Waals surface area contributed by atoms with Crippen molar-refractivity contribution >= 4 is 0 Å². The van der Waals surface area contributed by atoms with Crippen LogP contribution in [0.4, 0.5) is 0 Å². The van der Waals surface area contributed by atoms with Crippen LogP contribution in [0.15, 0.2) is 0 Å². The second kappa shape index (κ2) is 20.3. The zero-order valence-electron chi connectivity index (χ0n) is 11.6. The fourth-order valence-electron chi connectivity index (χ4n) is 1.42. The van der Waals surface area contributed by atoms with E-state index in [-0.39, 0.29) is 0 Å². The number of aliphatic hydroxyl groups excluding tert-OH is 1. The molecule has 0 saturated carbocycles. The zero-order valence-corrected chi connectivity index (χ0v) is 11.6. The first kappa shape index (κ1) is 18.3. The Morgan fingerprint density at radius 2 is 1.12 bits per heavy atom. The number of hydrogen-bond donors (Lipinski definition) is 1. The second-order valence-electron chi connectivity index (χ2n) is 4.25. The smallest absolute Gasteiger partial charge is 0.0462 e. The largest absolute Gasteiger partial charge is 0.396 e. The molecule has 0 aliphatic carbocycles. The van der Waals surface area contributed by atoms with Crippen LogP contribution >= 0.6 is 0 Å². The molecule has 2 nitrogen and oxygen atoms in total. The molecular weight excluding hydrogens is 200 g/mol. The minimum absolute atomic E-state index is 0.355. The summed E-state index contributed by atoms with van der Waals surface area (Å²) in [5.41, 5.74) is 0. The summed E-state index contributed by atoms with van der Waals surface area (Å²) in [4.78, 5) is 0. The van der Waals surface area contributed by atoms with E-state index in [0.717, 1.165) is 13.0 Å². The van der Waals surface area contributed by atoms with Crippen molar-refractivity contribution in [3.05, 3.63) is 0 Å². The summed E-state index contributed by atoms with van der Waals surface area (Å²) in [6.45, 7) is 5.51. The van der Waals surface area contributed by atoms with Gasteiger partial charge in [0, 0.05) is 20.3 Å². The third-order valence-electron chi connectivity index (χ3n) is 2.26. The standard InChI is InChI=1S/C11H24O2.C3H8/c1-13-11-9-7-5-3-2-4-6-8-10-12;1-3-2/h12H,2-11H2,1H3;3H2,1-2H3. The van der Waals surface area contributed by atoms with Crippen molar-refractivity contribution in [2.45, 2.75) is 71.6 Å². The number of hydrogen-bond acceptors (Lipinski definition) is 2. The molecule has 0 spiro atoms. The van der Waals surface area contributed by atoms with Gasteiger partial charge < -0.3 is 9.84 Å². The van der Waals surface area contributed by atoms with Crippen molar-refractivity contribution in [2.24, 2.45) is 0 Å². The highest BCUT2D eigenvalue weighted by Gasteiger charge is 1.91. The summed E-state index contributed by atoms with van der Waals surface area (Å²) in [6, 6.07) is 0. The number of rotatable bonds is 10. The highest BCUT2D eigenvalue weighted by atomic mass is 16.5. The van der Waals surface area contributed by atoms with Gasteiger partial charge in [0.15, 0.2) is 0 Å². The highest BCUT2D eigenvalue weighted by Crippen LogP contribution is 2.08. The molecular formula is C14H32O2. The normalized spacial score (nSPS) is 9.75. The first-order valence-electron chi connectivity index (χ1n) is 6.93. The summed E-state index contributed by atoms with van der Waals surface area (Å²) in [5, 5.41) is 8.55. The summed E-state index contributed by atoms with van der Waals surface area (Å²) in [7, 11) is 1.76. The van der Waals surface area contributed by atoms with Crippen LogP contribution in [0, 0.1) is 0 Å². The topological polar surface area (TPSA) is 29.5 Å². The Morgan fingerprint density at radius 3 is 1.50 bits per heavy atom. The highest BCUT2D eigenvalue weighted by molar-refractivity contribution is 4.46. The molecule has 0 rings (SSSR count). The molecule has 16 heavy (non-hydrogen) atoms. The second-order valence-corrected chi connectivity index (χ2v) is 4.25. The van der Waals surface area contributed by atoms with E-state index in [2.05, 4.69) is 13.8 Å². The van der Waals surface area contributed by atoms with Gasteiger partial charge in [0.1, 0.15) is 0 Å². The Bertz CT molecular complexity index is 84.7. The van der Waals surface area contributed by atoms with Gasteiger partial charge in [0.25, 0.3) is 0 Å². The van der Waals surface area contributed by atoms with Gasteiger partial charge in [-0.25, -0.2) is 0 Å². The molecule has 0 heterocycles. The van der Waals surface area contributed by atoms with E-state index >= 15 is 0 Å². The van der Waals surface area contributed by atoms with E-state index in [1.807, 2.05) is 0 Å². The van der Waals surface area contributed by atoms with Crippen molar-refractivity contribution in [1.29, 1.82) is 0 Å². The predicted octanol–water partition coefficient (Wildman–Crippen LogP) is 4.16. The quantitative estimate of drug-likeness (QED) is 0.573. The summed E-state index contributed by atoms with van der Waals surface area (Å²) in [5.74, 6) is 0. The van der Waals surface area contributed by atoms with Crippen molar-refractivity contribution < 1.29 is 9.84 Å². The van der Waals surface area contributed by atoms with Gasteiger partial charge >= 0.3 is 0 Å². The Hall–Kier alpha value is -0.0800. The lowest BCUT2D eigenvalue weighted by Gasteiger charge is -2.00. The van der Waals surface area contributed by atoms with Gasteiger partial charge in [0.2, 0.25) is 0 Å². The fraction of sp³-hybridized carbons (Fsp3) is 1.00. The summed E-state index contributed by atoms with van der Waals surface area (Å²) >= 11 is 0. The predicted molar refractivity (Wildman–Crippen MR) is 71.9 cm³/mol. The van der Waals surface area contributed by atoms with Gasteiger partial charge in [0.05, 0.1) is 0 Å². The van der Waals surface area contributed by atoms with E-state index in [4.69, 9.17) is 9.84 Å². The van der Waals surface area contributed by atoms with E-state index in [0.29, 0.717) is 6.61 Å². The maximum atomic E-state index is 8.55. The van der Waals surface area contributed by atoms with Crippen molar-refractivity contribution in [3.63, 3.8) is 0 Å². The molecule has 0 radical (unpaired) electrons. The monoisotopic (exact) mass is 232 g/mol. The third kappa shape index (κ3) is 23.6. The fourth-order valence-corrected chi connectivity index (χ4v) is 1.42. The van der Waals surface area contributed by atoms with E-state index in [1.165, 1.54) is 51.4 Å². The Balaban J connectivity index is 0. The maximum absolute atomic E-state index is 8.55. The third-order valence-corrected chi connectivity index (χ3v) is 2.26. The van der Waals surface area contributed by atoms with Gasteiger partial charge in [-0.05, 0) is 12.8 Å². The molecule has 0 saturated heterocycles. The lowest BCUT2D eigenvalue weighted by Crippen LogP contribution is -1.88. The van der Waals surface area contributed by atoms with Gasteiger partial charge in [-0.3, -0.25) is 0 Å². The first-order chi connectivity index (χ1) is 7.83. The summed E-state index contributed by atoms with van der Waals surface area (Å²) in [6.07, 6.45) is 11.2. The maximum Gasteiger partial charge on any atom is 0.0462 e. The number of aliphatic hydroxyl groups is 1. The van der Waals surface area contributed by atoms with Crippen molar-refractivity contribution in [1.82, 2.24) is 0 Å². The van der Waals surface area contributed by atoms with E-state index in [1.54, 1.807) is 7.11 Å². The van der Waals surface area contributed by atoms with Gasteiger partial charge in [-0.1, -0.05) is 58.8 Å². The first-order valence-corrected chi connectivity index (χ1v) is 6.93. The van der Waals surface area contributed by atoms with Crippen LogP contribution in [-0.2, 0) is 4.74 Å². The number of methoxy groups -OCH3 is 1. The van der Waals surface area contributed by atoms with Crippen LogP contribution in [0.1, 0.15) is 71.6 Å². The Kier molecular flexibility index (Phi) is 23.3. The van der Waals surface area contributed by atoms with Crippen LogP contribution < -0.4 is 0 Å². The summed E-state index contributed by atoms with van der Waals surface area (Å²) < 4.78 is 4.97. The van der Waals surface area contributed by atoms with Crippen LogP contribution in [-0.4, -0.2) is 25.4 Å². The molecule has 0 bridgehead atoms. The number of unbranched alkanes of at least 4 members (excludes halogenated alkanes) is 7. The van der Waals surface area contributed by atoms with Crippen LogP contribution in [0.25, 0.3) is 0 Å². The molecule has 0 amide bonds. The Labute approximate surface area is 102 Å². The van der Waals surface area contributed by atoms with Crippen LogP contribution in [0.3, 0.4) is 0 Å². The van der Waals surface area contributed by atoms with Gasteiger partial charge in [-0.15, -0.1) is 0 Å². The molecule has 0 aromatic rings. The van der Waals surface area contributed by atoms with Crippen LogP contribution in [0.2, 0.25) is 0 Å². The van der Waals surface area contributed by atoms with Gasteiger partial charge in [-0.2, -0.15) is 0 Å². The molecule has 2 heteroatoms. The molecule has 0 unspecified atom stereocenters. The number of ether oxygens (including phenoxy) is 1. The molecule has 0 atom stereocenters. The van der Waals surface area contributed by atoms with Crippen LogP contribution in [0.5, 0.6) is 0 Å². The lowest BCUT2D eigenvalue weighted by molar-refractivity contribution is 0.192. The molecule has 0 aliphatic heterocycles. The lowest BCUT2D eigenvalue weighted by atomic mass is 10.1. The zero-order chi connectivity index (χ0) is 12.5. The van der Waals surface area contributed by atoms with E-state index < -0.39 is 0 Å². The van der Waals surface area contributed by atoms with Crippen molar-refractivity contribution in [2.75, 3.05) is 20.3 Å². The molecule has 0 aromatic carbocycles. The minimum atomic E-state index is 0.355. The molecule has 0 aromatic heterocycles. The molecule has 0 aliphatic rings.